The lowest BCUT2D eigenvalue weighted by Crippen LogP contribution is -2.43. The third-order valence-corrected chi connectivity index (χ3v) is 3.67. The molecule has 1 atom stereocenters. The molecule has 1 aromatic rings. The smallest absolute Gasteiger partial charge is 0.270 e. The molecule has 0 saturated carbocycles. The van der Waals surface area contributed by atoms with Crippen LogP contribution in [0.5, 0.6) is 0 Å². The van der Waals surface area contributed by atoms with Gasteiger partial charge in [0.15, 0.2) is 0 Å². The number of nitrogens with zero attached hydrogens (tertiary/aromatic N) is 1. The van der Waals surface area contributed by atoms with Crippen molar-refractivity contribution < 1.29 is 4.92 Å². The molecule has 0 radical (unpaired) electrons. The molecule has 0 aliphatic carbocycles. The van der Waals surface area contributed by atoms with Crippen LogP contribution in [-0.2, 0) is 6.54 Å². The molecule has 0 amide bonds. The Morgan fingerprint density at radius 3 is 2.94 bits per heavy atom. The summed E-state index contributed by atoms with van der Waals surface area (Å²) in [5, 5.41) is 17.8. The highest BCUT2D eigenvalue weighted by atomic mass is 35.5. The first-order chi connectivity index (χ1) is 8.50. The number of non-ortho nitro benzene ring substituents is 1. The van der Waals surface area contributed by atoms with E-state index in [1.54, 1.807) is 6.07 Å². The Kier molecular flexibility index (Phi) is 3.85. The molecule has 1 unspecified atom stereocenters. The molecule has 1 aliphatic rings. The summed E-state index contributed by atoms with van der Waals surface area (Å²) in [6.45, 7) is 4.72. The summed E-state index contributed by atoms with van der Waals surface area (Å²) in [5.41, 5.74) is 0.985. The largest absolute Gasteiger partial charge is 0.315 e. The Bertz CT molecular complexity index is 459. The normalized spacial score (nSPS) is 23.2. The van der Waals surface area contributed by atoms with Crippen molar-refractivity contribution in [2.75, 3.05) is 13.1 Å². The Hall–Kier alpha value is -1.17. The van der Waals surface area contributed by atoms with Gasteiger partial charge in [0, 0.05) is 30.8 Å². The lowest BCUT2D eigenvalue weighted by Gasteiger charge is -2.24. The topological polar surface area (TPSA) is 67.2 Å². The van der Waals surface area contributed by atoms with Gasteiger partial charge in [-0.1, -0.05) is 11.6 Å². The van der Waals surface area contributed by atoms with E-state index in [2.05, 4.69) is 17.6 Å². The summed E-state index contributed by atoms with van der Waals surface area (Å²) in [7, 11) is 0. The van der Waals surface area contributed by atoms with Gasteiger partial charge in [0.25, 0.3) is 5.69 Å². The highest BCUT2D eigenvalue weighted by molar-refractivity contribution is 6.31. The Morgan fingerprint density at radius 1 is 1.61 bits per heavy atom. The third kappa shape index (κ3) is 2.98. The zero-order chi connectivity index (χ0) is 13.2. The van der Waals surface area contributed by atoms with E-state index in [4.69, 9.17) is 11.6 Å². The van der Waals surface area contributed by atoms with Crippen molar-refractivity contribution in [3.63, 3.8) is 0 Å². The van der Waals surface area contributed by atoms with Crippen molar-refractivity contribution in [3.05, 3.63) is 38.9 Å². The molecule has 1 fully saturated rings. The molecule has 0 spiro atoms. The van der Waals surface area contributed by atoms with Crippen LogP contribution < -0.4 is 10.6 Å². The van der Waals surface area contributed by atoms with Crippen LogP contribution in [0.2, 0.25) is 5.02 Å². The molecule has 1 saturated heterocycles. The fraction of sp³-hybridized carbons (Fsp3) is 0.500. The maximum absolute atomic E-state index is 10.6. The number of hydrogen-bond acceptors (Lipinski definition) is 4. The maximum Gasteiger partial charge on any atom is 0.270 e. The highest BCUT2D eigenvalue weighted by Gasteiger charge is 2.27. The van der Waals surface area contributed by atoms with Crippen LogP contribution in [0.1, 0.15) is 18.9 Å². The van der Waals surface area contributed by atoms with Crippen molar-refractivity contribution in [3.8, 4) is 0 Å². The Morgan fingerprint density at radius 2 is 2.39 bits per heavy atom. The zero-order valence-electron chi connectivity index (χ0n) is 10.2. The molecule has 18 heavy (non-hydrogen) atoms. The van der Waals surface area contributed by atoms with Gasteiger partial charge in [-0.15, -0.1) is 0 Å². The van der Waals surface area contributed by atoms with Gasteiger partial charge in [0.05, 0.1) is 9.95 Å². The first kappa shape index (κ1) is 13.3. The summed E-state index contributed by atoms with van der Waals surface area (Å²) in [5.74, 6) is 0. The fourth-order valence-corrected chi connectivity index (χ4v) is 2.31. The first-order valence-electron chi connectivity index (χ1n) is 5.89. The number of nitro benzene ring substituents is 1. The van der Waals surface area contributed by atoms with Crippen molar-refractivity contribution in [2.45, 2.75) is 25.4 Å². The molecular weight excluding hydrogens is 254 g/mol. The van der Waals surface area contributed by atoms with Gasteiger partial charge >= 0.3 is 0 Å². The average molecular weight is 270 g/mol. The fourth-order valence-electron chi connectivity index (χ4n) is 2.07. The molecule has 98 valence electrons. The maximum atomic E-state index is 10.6. The van der Waals surface area contributed by atoms with Crippen molar-refractivity contribution >= 4 is 17.3 Å². The minimum Gasteiger partial charge on any atom is -0.315 e. The van der Waals surface area contributed by atoms with E-state index in [9.17, 15) is 10.1 Å². The predicted octanol–water partition coefficient (Wildman–Crippen LogP) is 2.09. The molecule has 1 aromatic carbocycles. The van der Waals surface area contributed by atoms with Crippen LogP contribution in [-0.4, -0.2) is 23.6 Å². The number of halogens is 1. The van der Waals surface area contributed by atoms with Crippen molar-refractivity contribution in [1.82, 2.24) is 10.6 Å². The van der Waals surface area contributed by atoms with Gasteiger partial charge < -0.3 is 10.6 Å². The van der Waals surface area contributed by atoms with E-state index in [1.807, 2.05) is 0 Å². The number of nitro groups is 1. The van der Waals surface area contributed by atoms with Crippen LogP contribution in [0, 0.1) is 10.1 Å². The van der Waals surface area contributed by atoms with E-state index in [1.165, 1.54) is 12.1 Å². The van der Waals surface area contributed by atoms with Gasteiger partial charge in [0.1, 0.15) is 0 Å². The summed E-state index contributed by atoms with van der Waals surface area (Å²) in [6.07, 6.45) is 1.07. The number of nitrogens with one attached hydrogen (secondary N) is 2. The molecule has 1 heterocycles. The molecule has 0 bridgehead atoms. The molecule has 1 aliphatic heterocycles. The molecular formula is C12H16ClN3O2. The third-order valence-electron chi connectivity index (χ3n) is 3.32. The Labute approximate surface area is 111 Å². The van der Waals surface area contributed by atoms with E-state index in [0.29, 0.717) is 11.6 Å². The second-order valence-corrected chi connectivity index (χ2v) is 5.28. The molecule has 2 N–H and O–H groups in total. The van der Waals surface area contributed by atoms with E-state index in [-0.39, 0.29) is 11.2 Å². The van der Waals surface area contributed by atoms with Gasteiger partial charge in [-0.2, -0.15) is 0 Å². The monoisotopic (exact) mass is 269 g/mol. The minimum absolute atomic E-state index is 0.0255. The summed E-state index contributed by atoms with van der Waals surface area (Å²) < 4.78 is 0. The van der Waals surface area contributed by atoms with Crippen LogP contribution in [0.25, 0.3) is 0 Å². The predicted molar refractivity (Wildman–Crippen MR) is 70.8 cm³/mol. The molecule has 5 nitrogen and oxygen atoms in total. The van der Waals surface area contributed by atoms with Gasteiger partial charge in [-0.25, -0.2) is 0 Å². The molecule has 6 heteroatoms. The number of benzene rings is 1. The number of rotatable bonds is 4. The summed E-state index contributed by atoms with van der Waals surface area (Å²) in [6, 6.07) is 4.59. The summed E-state index contributed by atoms with van der Waals surface area (Å²) >= 11 is 6.04. The Balaban J connectivity index is 2.03. The zero-order valence-corrected chi connectivity index (χ0v) is 11.0. The average Bonchev–Trinajstić information content (AvgIpc) is 2.75. The van der Waals surface area contributed by atoms with E-state index < -0.39 is 4.92 Å². The molecule has 0 aromatic heterocycles. The van der Waals surface area contributed by atoms with Crippen molar-refractivity contribution in [2.24, 2.45) is 0 Å². The highest BCUT2D eigenvalue weighted by Crippen LogP contribution is 2.23. The quantitative estimate of drug-likeness (QED) is 0.649. The van der Waals surface area contributed by atoms with Gasteiger partial charge in [0.2, 0.25) is 0 Å². The van der Waals surface area contributed by atoms with Crippen molar-refractivity contribution in [1.29, 1.82) is 0 Å². The van der Waals surface area contributed by atoms with E-state index in [0.717, 1.165) is 25.1 Å². The van der Waals surface area contributed by atoms with Crippen LogP contribution in [0.15, 0.2) is 18.2 Å². The number of hydrogen-bond donors (Lipinski definition) is 2. The van der Waals surface area contributed by atoms with E-state index >= 15 is 0 Å². The SMILES string of the molecule is CC1(NCc2ccc([N+](=O)[O-])cc2Cl)CCNC1. The lowest BCUT2D eigenvalue weighted by atomic mass is 10.0. The van der Waals surface area contributed by atoms with Crippen LogP contribution in [0.3, 0.4) is 0 Å². The van der Waals surface area contributed by atoms with Gasteiger partial charge in [-0.3, -0.25) is 10.1 Å². The van der Waals surface area contributed by atoms with Crippen LogP contribution >= 0.6 is 11.6 Å². The standard InChI is InChI=1S/C12H16ClN3O2/c1-12(4-5-14-8-12)15-7-9-2-3-10(16(17)18)6-11(9)13/h2-3,6,14-15H,4-5,7-8H2,1H3. The van der Waals surface area contributed by atoms with Gasteiger partial charge in [-0.05, 0) is 31.5 Å². The first-order valence-corrected chi connectivity index (χ1v) is 6.27. The lowest BCUT2D eigenvalue weighted by molar-refractivity contribution is -0.384. The second kappa shape index (κ2) is 5.22. The van der Waals surface area contributed by atoms with Crippen LogP contribution in [0.4, 0.5) is 5.69 Å². The molecule has 2 rings (SSSR count). The minimum atomic E-state index is -0.439. The second-order valence-electron chi connectivity index (χ2n) is 4.87. The summed E-state index contributed by atoms with van der Waals surface area (Å²) in [4.78, 5) is 10.2.